The van der Waals surface area contributed by atoms with Gasteiger partial charge in [-0.05, 0) is 13.8 Å². The number of halogens is 3. The van der Waals surface area contributed by atoms with Crippen molar-refractivity contribution in [1.82, 2.24) is 4.90 Å². The molecular formula is C11H14F3NO4. The predicted molar refractivity (Wildman–Crippen MR) is 58.2 cm³/mol. The number of likely N-dealkylation sites (tertiary alicyclic amines) is 1. The molecule has 0 aromatic carbocycles. The largest absolute Gasteiger partial charge is 0.478 e. The Balaban J connectivity index is 2.90. The molecule has 108 valence electrons. The van der Waals surface area contributed by atoms with Crippen molar-refractivity contribution in [3.8, 4) is 0 Å². The first kappa shape index (κ1) is 15.5. The summed E-state index contributed by atoms with van der Waals surface area (Å²) in [5.41, 5.74) is -3.29. The molecule has 8 heteroatoms. The van der Waals surface area contributed by atoms with Crippen molar-refractivity contribution in [1.29, 1.82) is 0 Å². The van der Waals surface area contributed by atoms with Crippen molar-refractivity contribution in [3.63, 3.8) is 0 Å². The highest BCUT2D eigenvalue weighted by Crippen LogP contribution is 2.38. The minimum Gasteiger partial charge on any atom is -0.478 e. The van der Waals surface area contributed by atoms with Gasteiger partial charge in [0.2, 0.25) is 5.91 Å². The number of nitrogens with zero attached hydrogens (tertiary/aromatic N) is 1. The van der Waals surface area contributed by atoms with Gasteiger partial charge in [-0.3, -0.25) is 4.79 Å². The van der Waals surface area contributed by atoms with Crippen molar-refractivity contribution in [2.45, 2.75) is 32.0 Å². The van der Waals surface area contributed by atoms with Crippen LogP contribution in [0.5, 0.6) is 0 Å². The number of rotatable bonds is 2. The number of carboxylic acids is 1. The first-order valence-corrected chi connectivity index (χ1v) is 5.49. The summed E-state index contributed by atoms with van der Waals surface area (Å²) in [6.07, 6.45) is -5.43. The molecule has 0 aromatic heterocycles. The molecular weight excluding hydrogens is 267 g/mol. The number of amides is 1. The molecule has 1 saturated heterocycles. The van der Waals surface area contributed by atoms with E-state index in [2.05, 4.69) is 0 Å². The third kappa shape index (κ3) is 2.89. The molecule has 1 aliphatic heterocycles. The van der Waals surface area contributed by atoms with E-state index in [-0.39, 0.29) is 17.7 Å². The molecule has 19 heavy (non-hydrogen) atoms. The number of carbonyl (C=O) groups excluding carboxylic acids is 1. The lowest BCUT2D eigenvalue weighted by Crippen LogP contribution is -2.48. The molecule has 1 atom stereocenters. The smallest absolute Gasteiger partial charge is 0.419 e. The molecule has 1 unspecified atom stereocenters. The highest BCUT2D eigenvalue weighted by molar-refractivity contribution is 6.01. The van der Waals surface area contributed by atoms with Crippen molar-refractivity contribution >= 4 is 11.9 Å². The maximum Gasteiger partial charge on any atom is 0.419 e. The minimum atomic E-state index is -4.82. The molecule has 0 aromatic rings. The Labute approximate surface area is 107 Å². The first-order chi connectivity index (χ1) is 8.49. The first-order valence-electron chi connectivity index (χ1n) is 5.49. The zero-order valence-corrected chi connectivity index (χ0v) is 10.4. The summed E-state index contributed by atoms with van der Waals surface area (Å²) in [7, 11) is 0. The molecule has 0 bridgehead atoms. The van der Waals surface area contributed by atoms with Gasteiger partial charge in [-0.15, -0.1) is 0 Å². The monoisotopic (exact) mass is 281 g/mol. The average Bonchev–Trinajstić information content (AvgIpc) is 2.69. The van der Waals surface area contributed by atoms with E-state index < -0.39 is 36.6 Å². The van der Waals surface area contributed by atoms with Crippen LogP contribution in [0.15, 0.2) is 11.1 Å². The molecule has 0 radical (unpaired) electrons. The summed E-state index contributed by atoms with van der Waals surface area (Å²) >= 11 is 0. The highest BCUT2D eigenvalue weighted by Gasteiger charge is 2.57. The Morgan fingerprint density at radius 3 is 2.11 bits per heavy atom. The summed E-state index contributed by atoms with van der Waals surface area (Å²) in [4.78, 5) is 23.3. The lowest BCUT2D eigenvalue weighted by Gasteiger charge is -2.26. The Hall–Kier alpha value is -1.57. The molecule has 1 amide bonds. The van der Waals surface area contributed by atoms with Crippen molar-refractivity contribution in [2.24, 2.45) is 0 Å². The molecule has 5 nitrogen and oxygen atoms in total. The molecule has 1 heterocycles. The van der Waals surface area contributed by atoms with Crippen LogP contribution in [-0.2, 0) is 9.59 Å². The standard InChI is InChI=1S/C11H14F3NO4/c1-6(7(2)9(17)18)8(16)15-4-3-10(19,5-15)11(12,13)14/h19H,3-5H2,1-2H3,(H,17,18). The summed E-state index contributed by atoms with van der Waals surface area (Å²) in [6.45, 7) is 1.29. The van der Waals surface area contributed by atoms with Gasteiger partial charge in [0.1, 0.15) is 0 Å². The van der Waals surface area contributed by atoms with Crippen molar-refractivity contribution in [2.75, 3.05) is 13.1 Å². The van der Waals surface area contributed by atoms with E-state index >= 15 is 0 Å². The van der Waals surface area contributed by atoms with Crippen LogP contribution in [-0.4, -0.2) is 51.9 Å². The van der Waals surface area contributed by atoms with E-state index in [0.717, 1.165) is 4.90 Å². The molecule has 1 aliphatic rings. The number of hydrogen-bond acceptors (Lipinski definition) is 3. The third-order valence-corrected chi connectivity index (χ3v) is 3.27. The number of aliphatic hydroxyl groups is 1. The Bertz CT molecular complexity index is 444. The maximum atomic E-state index is 12.6. The lowest BCUT2D eigenvalue weighted by atomic mass is 10.0. The summed E-state index contributed by atoms with van der Waals surface area (Å²) < 4.78 is 37.7. The topological polar surface area (TPSA) is 77.8 Å². The second-order valence-electron chi connectivity index (χ2n) is 4.56. The van der Waals surface area contributed by atoms with E-state index in [9.17, 15) is 27.9 Å². The van der Waals surface area contributed by atoms with Gasteiger partial charge in [0.25, 0.3) is 0 Å². The highest BCUT2D eigenvalue weighted by atomic mass is 19.4. The molecule has 1 rings (SSSR count). The van der Waals surface area contributed by atoms with Gasteiger partial charge in [-0.1, -0.05) is 0 Å². The number of carbonyl (C=O) groups is 2. The number of β-amino-alcohol motifs (C(OH)–C–C–N with tert-alkyl or cyclic N) is 1. The zero-order chi connectivity index (χ0) is 15.0. The van der Waals surface area contributed by atoms with Gasteiger partial charge in [0.05, 0.1) is 6.54 Å². The van der Waals surface area contributed by atoms with Crippen LogP contribution in [0.1, 0.15) is 20.3 Å². The van der Waals surface area contributed by atoms with E-state index in [0.29, 0.717) is 0 Å². The predicted octanol–water partition coefficient (Wildman–Crippen LogP) is 0.933. The average molecular weight is 281 g/mol. The minimum absolute atomic E-state index is 0.140. The van der Waals surface area contributed by atoms with E-state index in [1.54, 1.807) is 0 Å². The van der Waals surface area contributed by atoms with Crippen LogP contribution in [0.4, 0.5) is 13.2 Å². The zero-order valence-electron chi connectivity index (χ0n) is 10.4. The van der Waals surface area contributed by atoms with Crippen LogP contribution in [0.2, 0.25) is 0 Å². The molecule has 0 saturated carbocycles. The van der Waals surface area contributed by atoms with Gasteiger partial charge in [0.15, 0.2) is 5.60 Å². The van der Waals surface area contributed by atoms with E-state index in [4.69, 9.17) is 5.11 Å². The van der Waals surface area contributed by atoms with E-state index in [1.165, 1.54) is 13.8 Å². The quantitative estimate of drug-likeness (QED) is 0.738. The van der Waals surface area contributed by atoms with Crippen molar-refractivity contribution in [3.05, 3.63) is 11.1 Å². The summed E-state index contributed by atoms with van der Waals surface area (Å²) in [5.74, 6) is -2.11. The summed E-state index contributed by atoms with van der Waals surface area (Å²) in [6, 6.07) is 0. The number of alkyl halides is 3. The second kappa shape index (κ2) is 4.84. The molecule has 0 aliphatic carbocycles. The van der Waals surface area contributed by atoms with Crippen LogP contribution in [0.3, 0.4) is 0 Å². The van der Waals surface area contributed by atoms with Gasteiger partial charge in [-0.25, -0.2) is 4.79 Å². The van der Waals surface area contributed by atoms with Crippen LogP contribution >= 0.6 is 0 Å². The number of carboxylic acid groups (broad SMARTS) is 1. The fourth-order valence-corrected chi connectivity index (χ4v) is 1.76. The molecule has 2 N–H and O–H groups in total. The van der Waals surface area contributed by atoms with Gasteiger partial charge in [0, 0.05) is 24.1 Å². The fraction of sp³-hybridized carbons (Fsp3) is 0.636. The van der Waals surface area contributed by atoms with Gasteiger partial charge in [-0.2, -0.15) is 13.2 Å². The third-order valence-electron chi connectivity index (χ3n) is 3.27. The van der Waals surface area contributed by atoms with Crippen LogP contribution in [0.25, 0.3) is 0 Å². The Morgan fingerprint density at radius 1 is 1.21 bits per heavy atom. The van der Waals surface area contributed by atoms with Crippen molar-refractivity contribution < 1.29 is 33.0 Å². The Kier molecular flexibility index (Phi) is 3.94. The Morgan fingerprint density at radius 2 is 1.74 bits per heavy atom. The fourth-order valence-electron chi connectivity index (χ4n) is 1.76. The van der Waals surface area contributed by atoms with Gasteiger partial charge >= 0.3 is 12.1 Å². The SMILES string of the molecule is CC(C(=O)O)=C(C)C(=O)N1CCC(O)(C(F)(F)F)C1. The van der Waals surface area contributed by atoms with E-state index in [1.807, 2.05) is 0 Å². The van der Waals surface area contributed by atoms with Crippen LogP contribution in [0, 0.1) is 0 Å². The summed E-state index contributed by atoms with van der Waals surface area (Å²) in [5, 5.41) is 18.1. The lowest BCUT2D eigenvalue weighted by molar-refractivity contribution is -0.253. The number of aliphatic carboxylic acids is 1. The van der Waals surface area contributed by atoms with Crippen LogP contribution < -0.4 is 0 Å². The molecule has 1 fully saturated rings. The maximum absolute atomic E-state index is 12.6. The number of hydrogen-bond donors (Lipinski definition) is 2. The molecule has 0 spiro atoms. The van der Waals surface area contributed by atoms with Gasteiger partial charge < -0.3 is 15.1 Å². The normalized spacial score (nSPS) is 25.3. The second-order valence-corrected chi connectivity index (χ2v) is 4.56.